The van der Waals surface area contributed by atoms with Gasteiger partial charge >= 0.3 is 5.97 Å². The second-order valence-electron chi connectivity index (χ2n) is 4.55. The van der Waals surface area contributed by atoms with Crippen LogP contribution >= 0.6 is 0 Å². The first kappa shape index (κ1) is 12.9. The average molecular weight is 249 g/mol. The Morgan fingerprint density at radius 2 is 2.22 bits per heavy atom. The molecule has 1 unspecified atom stereocenters. The molecule has 1 atom stereocenters. The van der Waals surface area contributed by atoms with Gasteiger partial charge in [0.2, 0.25) is 0 Å². The minimum Gasteiger partial charge on any atom is -0.478 e. The summed E-state index contributed by atoms with van der Waals surface area (Å²) in [7, 11) is 0. The van der Waals surface area contributed by atoms with Crippen molar-refractivity contribution in [1.29, 1.82) is 0 Å². The molecule has 0 aliphatic carbocycles. The zero-order valence-electron chi connectivity index (χ0n) is 10.4. The summed E-state index contributed by atoms with van der Waals surface area (Å²) in [6, 6.07) is 6.98. The highest BCUT2D eigenvalue weighted by atomic mass is 16.5. The van der Waals surface area contributed by atoms with Crippen molar-refractivity contribution in [3.8, 4) is 0 Å². The zero-order valence-corrected chi connectivity index (χ0v) is 10.4. The van der Waals surface area contributed by atoms with Crippen LogP contribution in [-0.2, 0) is 4.74 Å². The molecule has 0 amide bonds. The summed E-state index contributed by atoms with van der Waals surface area (Å²) < 4.78 is 5.64. The third-order valence-corrected chi connectivity index (χ3v) is 3.21. The molecule has 4 nitrogen and oxygen atoms in total. The number of hydrogen-bond acceptors (Lipinski definition) is 3. The third-order valence-electron chi connectivity index (χ3n) is 3.21. The van der Waals surface area contributed by atoms with Crippen LogP contribution in [-0.4, -0.2) is 30.3 Å². The predicted octanol–water partition coefficient (Wildman–Crippen LogP) is 2.76. The van der Waals surface area contributed by atoms with Crippen LogP contribution in [0.3, 0.4) is 0 Å². The maximum atomic E-state index is 11.0. The molecular weight excluding hydrogens is 230 g/mol. The van der Waals surface area contributed by atoms with Crippen LogP contribution in [0, 0.1) is 0 Å². The first-order valence-electron chi connectivity index (χ1n) is 6.45. The van der Waals surface area contributed by atoms with E-state index in [2.05, 4.69) is 5.32 Å². The molecule has 0 bridgehead atoms. The van der Waals surface area contributed by atoms with Gasteiger partial charge in [-0.15, -0.1) is 0 Å². The van der Waals surface area contributed by atoms with E-state index in [9.17, 15) is 4.79 Å². The minimum atomic E-state index is -0.896. The van der Waals surface area contributed by atoms with Gasteiger partial charge in [-0.2, -0.15) is 0 Å². The number of ether oxygens (including phenoxy) is 1. The highest BCUT2D eigenvalue weighted by Gasteiger charge is 2.14. The van der Waals surface area contributed by atoms with E-state index in [0.717, 1.165) is 32.4 Å². The summed E-state index contributed by atoms with van der Waals surface area (Å²) in [5.74, 6) is -0.896. The monoisotopic (exact) mass is 249 g/mol. The molecule has 2 rings (SSSR count). The zero-order chi connectivity index (χ0) is 12.8. The lowest BCUT2D eigenvalue weighted by Crippen LogP contribution is -2.22. The molecule has 0 saturated carbocycles. The van der Waals surface area contributed by atoms with Gasteiger partial charge in [0.25, 0.3) is 0 Å². The number of aromatic carboxylic acids is 1. The van der Waals surface area contributed by atoms with Crippen LogP contribution in [0.4, 0.5) is 5.69 Å². The van der Waals surface area contributed by atoms with Crippen molar-refractivity contribution in [2.24, 2.45) is 0 Å². The van der Waals surface area contributed by atoms with E-state index in [1.165, 1.54) is 6.42 Å². The highest BCUT2D eigenvalue weighted by Crippen LogP contribution is 2.18. The Bertz CT molecular complexity index is 400. The molecular formula is C14H19NO3. The van der Waals surface area contributed by atoms with Gasteiger partial charge < -0.3 is 15.2 Å². The smallest absolute Gasteiger partial charge is 0.337 e. The molecule has 4 heteroatoms. The number of para-hydroxylation sites is 1. The Morgan fingerprint density at radius 1 is 1.39 bits per heavy atom. The van der Waals surface area contributed by atoms with Crippen LogP contribution in [0.5, 0.6) is 0 Å². The summed E-state index contributed by atoms with van der Waals surface area (Å²) in [4.78, 5) is 11.0. The maximum Gasteiger partial charge on any atom is 0.337 e. The van der Waals surface area contributed by atoms with Crippen molar-refractivity contribution >= 4 is 11.7 Å². The van der Waals surface area contributed by atoms with Gasteiger partial charge in [0.15, 0.2) is 0 Å². The van der Waals surface area contributed by atoms with Gasteiger partial charge in [0.05, 0.1) is 11.7 Å². The fraction of sp³-hybridized carbons (Fsp3) is 0.500. The number of carboxylic acids is 1. The number of hydrogen-bond donors (Lipinski definition) is 2. The Kier molecular flexibility index (Phi) is 4.59. The van der Waals surface area contributed by atoms with Gasteiger partial charge in [0.1, 0.15) is 0 Å². The number of nitrogens with one attached hydrogen (secondary N) is 1. The van der Waals surface area contributed by atoms with Crippen molar-refractivity contribution in [2.45, 2.75) is 31.8 Å². The Morgan fingerprint density at radius 3 is 2.94 bits per heavy atom. The summed E-state index contributed by atoms with van der Waals surface area (Å²) in [5, 5.41) is 12.2. The average Bonchev–Trinajstić information content (AvgIpc) is 2.40. The van der Waals surface area contributed by atoms with Crippen LogP contribution in [0.1, 0.15) is 36.0 Å². The van der Waals surface area contributed by atoms with Crippen molar-refractivity contribution in [3.05, 3.63) is 29.8 Å². The molecule has 0 spiro atoms. The van der Waals surface area contributed by atoms with Gasteiger partial charge in [-0.05, 0) is 37.8 Å². The Labute approximate surface area is 107 Å². The lowest BCUT2D eigenvalue weighted by Gasteiger charge is -2.22. The largest absolute Gasteiger partial charge is 0.478 e. The molecule has 0 radical (unpaired) electrons. The molecule has 1 aliphatic rings. The number of benzene rings is 1. The van der Waals surface area contributed by atoms with E-state index in [-0.39, 0.29) is 0 Å². The summed E-state index contributed by atoms with van der Waals surface area (Å²) in [6.45, 7) is 1.60. The first-order valence-corrected chi connectivity index (χ1v) is 6.45. The Balaban J connectivity index is 1.84. The molecule has 1 aliphatic heterocycles. The normalized spacial score (nSPS) is 19.4. The van der Waals surface area contributed by atoms with Gasteiger partial charge in [-0.25, -0.2) is 4.79 Å². The SMILES string of the molecule is O=C(O)c1ccccc1NCCC1CCCCO1. The van der Waals surface area contributed by atoms with Crippen LogP contribution in [0.25, 0.3) is 0 Å². The molecule has 1 aromatic carbocycles. The molecule has 1 heterocycles. The van der Waals surface area contributed by atoms with Gasteiger partial charge in [-0.1, -0.05) is 12.1 Å². The van der Waals surface area contributed by atoms with Crippen molar-refractivity contribution in [3.63, 3.8) is 0 Å². The molecule has 1 aromatic rings. The fourth-order valence-electron chi connectivity index (χ4n) is 2.23. The standard InChI is InChI=1S/C14H19NO3/c16-14(17)12-6-1-2-7-13(12)15-9-8-11-5-3-4-10-18-11/h1-2,6-7,11,15H,3-5,8-10H2,(H,16,17). The summed E-state index contributed by atoms with van der Waals surface area (Å²) >= 11 is 0. The maximum absolute atomic E-state index is 11.0. The number of carboxylic acid groups (broad SMARTS) is 1. The number of carbonyl (C=O) groups is 1. The molecule has 18 heavy (non-hydrogen) atoms. The predicted molar refractivity (Wildman–Crippen MR) is 70.1 cm³/mol. The lowest BCUT2D eigenvalue weighted by molar-refractivity contribution is 0.0134. The van der Waals surface area contributed by atoms with E-state index in [0.29, 0.717) is 17.4 Å². The van der Waals surface area contributed by atoms with E-state index in [1.54, 1.807) is 18.2 Å². The van der Waals surface area contributed by atoms with E-state index in [4.69, 9.17) is 9.84 Å². The summed E-state index contributed by atoms with van der Waals surface area (Å²) in [5.41, 5.74) is 1.00. The summed E-state index contributed by atoms with van der Waals surface area (Å²) in [6.07, 6.45) is 4.75. The molecule has 1 fully saturated rings. The van der Waals surface area contributed by atoms with Crippen molar-refractivity contribution < 1.29 is 14.6 Å². The molecule has 98 valence electrons. The second kappa shape index (κ2) is 6.40. The van der Waals surface area contributed by atoms with E-state index >= 15 is 0 Å². The van der Waals surface area contributed by atoms with Gasteiger partial charge in [0, 0.05) is 18.8 Å². The quantitative estimate of drug-likeness (QED) is 0.842. The Hall–Kier alpha value is -1.55. The molecule has 0 aromatic heterocycles. The third kappa shape index (κ3) is 3.47. The number of rotatable bonds is 5. The van der Waals surface area contributed by atoms with E-state index < -0.39 is 5.97 Å². The molecule has 1 saturated heterocycles. The van der Waals surface area contributed by atoms with E-state index in [1.807, 2.05) is 6.07 Å². The van der Waals surface area contributed by atoms with Crippen molar-refractivity contribution in [1.82, 2.24) is 0 Å². The fourth-order valence-corrected chi connectivity index (χ4v) is 2.23. The molecule has 2 N–H and O–H groups in total. The van der Waals surface area contributed by atoms with Crippen LogP contribution < -0.4 is 5.32 Å². The highest BCUT2D eigenvalue weighted by molar-refractivity contribution is 5.94. The topological polar surface area (TPSA) is 58.6 Å². The first-order chi connectivity index (χ1) is 8.77. The van der Waals surface area contributed by atoms with Crippen LogP contribution in [0.15, 0.2) is 24.3 Å². The number of anilines is 1. The van der Waals surface area contributed by atoms with Crippen molar-refractivity contribution in [2.75, 3.05) is 18.5 Å². The second-order valence-corrected chi connectivity index (χ2v) is 4.55. The van der Waals surface area contributed by atoms with Gasteiger partial charge in [-0.3, -0.25) is 0 Å². The minimum absolute atomic E-state index is 0.321. The lowest BCUT2D eigenvalue weighted by atomic mass is 10.1. The van der Waals surface area contributed by atoms with Crippen LogP contribution in [0.2, 0.25) is 0 Å².